The molecule has 30 heavy (non-hydrogen) atoms. The van der Waals surface area contributed by atoms with Gasteiger partial charge in [0.2, 0.25) is 5.78 Å². The number of pyridine rings is 1. The summed E-state index contributed by atoms with van der Waals surface area (Å²) in [6, 6.07) is 0.869. The number of rotatable bonds is 3. The molecule has 0 aromatic carbocycles. The summed E-state index contributed by atoms with van der Waals surface area (Å²) in [6.07, 6.45) is -6.90. The molecule has 0 aliphatic carbocycles. The van der Waals surface area contributed by atoms with Crippen LogP contribution in [0.15, 0.2) is 29.7 Å². The summed E-state index contributed by atoms with van der Waals surface area (Å²) in [5.74, 6) is 0.703. The van der Waals surface area contributed by atoms with Gasteiger partial charge in [-0.15, -0.1) is 11.8 Å². The summed E-state index contributed by atoms with van der Waals surface area (Å²) in [4.78, 5) is 16.1. The molecule has 0 unspecified atom stereocenters. The van der Waals surface area contributed by atoms with Gasteiger partial charge in [-0.2, -0.15) is 26.3 Å². The van der Waals surface area contributed by atoms with Gasteiger partial charge < -0.3 is 4.57 Å². The lowest BCUT2D eigenvalue weighted by atomic mass is 10.2. The fourth-order valence-corrected chi connectivity index (χ4v) is 3.74. The predicted octanol–water partition coefficient (Wildman–Crippen LogP) is 4.83. The molecule has 0 spiro atoms. The topological polar surface area (TPSA) is 60.9 Å². The van der Waals surface area contributed by atoms with Crippen LogP contribution in [0.3, 0.4) is 0 Å². The van der Waals surface area contributed by atoms with E-state index in [2.05, 4.69) is 19.9 Å². The van der Waals surface area contributed by atoms with Crippen molar-refractivity contribution in [3.05, 3.63) is 35.8 Å². The van der Waals surface area contributed by atoms with Crippen LogP contribution in [0.4, 0.5) is 26.3 Å². The summed E-state index contributed by atoms with van der Waals surface area (Å²) in [6.45, 7) is 1.81. The van der Waals surface area contributed by atoms with Crippen molar-refractivity contribution in [2.24, 2.45) is 7.05 Å². The lowest BCUT2D eigenvalue weighted by Gasteiger charge is -2.07. The maximum Gasteiger partial charge on any atom is 0.419 e. The minimum absolute atomic E-state index is 0.00392. The van der Waals surface area contributed by atoms with Crippen molar-refractivity contribution in [3.63, 3.8) is 0 Å². The highest BCUT2D eigenvalue weighted by molar-refractivity contribution is 7.99. The van der Waals surface area contributed by atoms with Gasteiger partial charge in [0.25, 0.3) is 0 Å². The number of nitrogens with zero attached hydrogens (tertiary/aromatic N) is 6. The molecule has 13 heteroatoms. The quantitative estimate of drug-likeness (QED) is 0.333. The van der Waals surface area contributed by atoms with E-state index in [1.165, 1.54) is 20.7 Å². The molecule has 0 saturated carbocycles. The molecule has 0 N–H and O–H groups in total. The molecule has 4 rings (SSSR count). The second-order valence-electron chi connectivity index (χ2n) is 6.27. The van der Waals surface area contributed by atoms with E-state index in [-0.39, 0.29) is 28.5 Å². The number of alkyl halides is 6. The minimum Gasteiger partial charge on any atom is -0.310 e. The van der Waals surface area contributed by atoms with Crippen molar-refractivity contribution in [2.45, 2.75) is 24.3 Å². The van der Waals surface area contributed by atoms with E-state index in [0.29, 0.717) is 23.2 Å². The number of thioether (sulfide) groups is 1. The first-order valence-corrected chi connectivity index (χ1v) is 9.47. The molecule has 0 amide bonds. The van der Waals surface area contributed by atoms with Crippen LogP contribution < -0.4 is 0 Å². The zero-order valence-corrected chi connectivity index (χ0v) is 16.2. The number of imidazole rings is 2. The number of fused-ring (bicyclic) bond motifs is 2. The van der Waals surface area contributed by atoms with Gasteiger partial charge in [0.15, 0.2) is 11.5 Å². The Morgan fingerprint density at radius 2 is 1.63 bits per heavy atom. The Hall–Kier alpha value is -2.83. The van der Waals surface area contributed by atoms with E-state index < -0.39 is 23.5 Å². The summed E-state index contributed by atoms with van der Waals surface area (Å²) in [7, 11) is 1.55. The highest BCUT2D eigenvalue weighted by Gasteiger charge is 2.33. The van der Waals surface area contributed by atoms with Gasteiger partial charge in [0, 0.05) is 25.6 Å². The maximum absolute atomic E-state index is 13.1. The van der Waals surface area contributed by atoms with E-state index in [9.17, 15) is 26.3 Å². The molecule has 4 heterocycles. The summed E-state index contributed by atoms with van der Waals surface area (Å²) < 4.78 is 80.9. The van der Waals surface area contributed by atoms with Gasteiger partial charge in [-0.1, -0.05) is 6.92 Å². The standard InChI is InChI=1S/C17H12F6N6S/c1-3-30-14-11(27-15-25-6-9(7-29(14)15)17(21,22)23)13-26-10-4-8(16(18,19)20)5-24-12(10)28(13)2/h4-7H,3H2,1-2H3. The Kier molecular flexibility index (Phi) is 4.67. The van der Waals surface area contributed by atoms with Gasteiger partial charge >= 0.3 is 12.4 Å². The largest absolute Gasteiger partial charge is 0.419 e. The normalized spacial score (nSPS) is 12.9. The predicted molar refractivity (Wildman–Crippen MR) is 96.9 cm³/mol. The molecule has 4 aromatic rings. The Labute approximate surface area is 169 Å². The number of hydrogen-bond acceptors (Lipinski definition) is 5. The lowest BCUT2D eigenvalue weighted by Crippen LogP contribution is -2.07. The average molecular weight is 446 g/mol. The summed E-state index contributed by atoms with van der Waals surface area (Å²) in [5, 5.41) is 0.348. The zero-order chi connectivity index (χ0) is 21.8. The third-order valence-corrected chi connectivity index (χ3v) is 5.24. The van der Waals surface area contributed by atoms with E-state index in [1.54, 1.807) is 14.0 Å². The summed E-state index contributed by atoms with van der Waals surface area (Å²) >= 11 is 1.22. The smallest absolute Gasteiger partial charge is 0.310 e. The van der Waals surface area contributed by atoms with Crippen molar-refractivity contribution in [2.75, 3.05) is 5.75 Å². The Morgan fingerprint density at radius 1 is 0.967 bits per heavy atom. The van der Waals surface area contributed by atoms with Gasteiger partial charge in [-0.3, -0.25) is 4.40 Å². The Bertz CT molecular complexity index is 1260. The van der Waals surface area contributed by atoms with E-state index in [0.717, 1.165) is 12.3 Å². The van der Waals surface area contributed by atoms with Gasteiger partial charge in [-0.25, -0.2) is 19.9 Å². The third-order valence-electron chi connectivity index (χ3n) is 4.29. The first-order chi connectivity index (χ1) is 14.0. The first-order valence-electron chi connectivity index (χ1n) is 8.49. The number of hydrogen-bond donors (Lipinski definition) is 0. The van der Waals surface area contributed by atoms with E-state index in [1.807, 2.05) is 0 Å². The van der Waals surface area contributed by atoms with Crippen LogP contribution in [0.25, 0.3) is 28.5 Å². The van der Waals surface area contributed by atoms with E-state index >= 15 is 0 Å². The third kappa shape index (κ3) is 3.36. The van der Waals surface area contributed by atoms with Crippen molar-refractivity contribution < 1.29 is 26.3 Å². The Balaban J connectivity index is 1.95. The number of halogens is 6. The molecular weight excluding hydrogens is 434 g/mol. The molecule has 0 atom stereocenters. The van der Waals surface area contributed by atoms with Crippen molar-refractivity contribution in [1.29, 1.82) is 0 Å². The maximum atomic E-state index is 13.1. The molecule has 6 nitrogen and oxygen atoms in total. The fourth-order valence-electron chi connectivity index (χ4n) is 2.92. The van der Waals surface area contributed by atoms with Crippen LogP contribution in [0.2, 0.25) is 0 Å². The van der Waals surface area contributed by atoms with Crippen LogP contribution in [0.5, 0.6) is 0 Å². The average Bonchev–Trinajstić information content (AvgIpc) is 3.18. The number of aromatic nitrogens is 6. The minimum atomic E-state index is -4.59. The number of aryl methyl sites for hydroxylation is 1. The molecule has 158 valence electrons. The lowest BCUT2D eigenvalue weighted by molar-refractivity contribution is -0.138. The van der Waals surface area contributed by atoms with Crippen LogP contribution in [-0.4, -0.2) is 34.7 Å². The van der Waals surface area contributed by atoms with Gasteiger partial charge in [-0.05, 0) is 11.8 Å². The van der Waals surface area contributed by atoms with Crippen LogP contribution in [0.1, 0.15) is 18.1 Å². The van der Waals surface area contributed by atoms with Gasteiger partial charge in [0.1, 0.15) is 16.2 Å². The van der Waals surface area contributed by atoms with Crippen LogP contribution in [0, 0.1) is 0 Å². The molecule has 0 radical (unpaired) electrons. The zero-order valence-electron chi connectivity index (χ0n) is 15.4. The molecule has 0 bridgehead atoms. The highest BCUT2D eigenvalue weighted by Crippen LogP contribution is 2.36. The van der Waals surface area contributed by atoms with Crippen LogP contribution >= 0.6 is 11.8 Å². The molecule has 4 aromatic heterocycles. The fraction of sp³-hybridized carbons (Fsp3) is 0.294. The second kappa shape index (κ2) is 6.86. The summed E-state index contributed by atoms with van der Waals surface area (Å²) in [5.41, 5.74) is -1.50. The van der Waals surface area contributed by atoms with Gasteiger partial charge in [0.05, 0.1) is 11.1 Å². The van der Waals surface area contributed by atoms with Crippen molar-refractivity contribution in [1.82, 2.24) is 28.9 Å². The molecule has 0 aliphatic heterocycles. The molecule has 0 saturated heterocycles. The second-order valence-corrected chi connectivity index (χ2v) is 7.52. The first kappa shape index (κ1) is 20.4. The van der Waals surface area contributed by atoms with E-state index in [4.69, 9.17) is 0 Å². The molecule has 0 fully saturated rings. The van der Waals surface area contributed by atoms with Crippen LogP contribution in [-0.2, 0) is 19.4 Å². The van der Waals surface area contributed by atoms with Crippen molar-refractivity contribution in [3.8, 4) is 11.5 Å². The molecular formula is C17H12F6N6S. The highest BCUT2D eigenvalue weighted by atomic mass is 32.2. The Morgan fingerprint density at radius 3 is 2.27 bits per heavy atom. The molecule has 0 aliphatic rings. The monoisotopic (exact) mass is 446 g/mol. The van der Waals surface area contributed by atoms with Crippen molar-refractivity contribution >= 4 is 28.7 Å². The SMILES string of the molecule is CCSc1c(-c2nc3cc(C(F)(F)F)cnc3n2C)nc2ncc(C(F)(F)F)cn12.